The zero-order valence-corrected chi connectivity index (χ0v) is 22.5. The van der Waals surface area contributed by atoms with Crippen molar-refractivity contribution in [1.82, 2.24) is 0 Å². The Morgan fingerprint density at radius 2 is 1.43 bits per heavy atom. The molecule has 2 atom stereocenters. The van der Waals surface area contributed by atoms with E-state index in [1.54, 1.807) is 0 Å². The van der Waals surface area contributed by atoms with E-state index in [9.17, 15) is 0 Å². The molecule has 1 saturated carbocycles. The highest BCUT2D eigenvalue weighted by atomic mass is 16.7. The molecule has 2 saturated heterocycles. The van der Waals surface area contributed by atoms with Crippen molar-refractivity contribution in [3.8, 4) is 5.75 Å². The van der Waals surface area contributed by atoms with Gasteiger partial charge >= 0.3 is 0 Å². The first kappa shape index (κ1) is 26.7. The molecule has 1 aromatic carbocycles. The van der Waals surface area contributed by atoms with Crippen LogP contribution < -0.4 is 10.1 Å². The van der Waals surface area contributed by atoms with Gasteiger partial charge in [0.05, 0.1) is 45.7 Å². The Morgan fingerprint density at radius 1 is 0.829 bits per heavy atom. The first-order valence-electron chi connectivity index (χ1n) is 13.1. The van der Waals surface area contributed by atoms with Gasteiger partial charge in [-0.25, -0.2) is 0 Å². The number of ether oxygens (including phenoxy) is 6. The van der Waals surface area contributed by atoms with E-state index in [4.69, 9.17) is 28.4 Å². The van der Waals surface area contributed by atoms with Gasteiger partial charge in [-0.15, -0.1) is 0 Å². The van der Waals surface area contributed by atoms with Gasteiger partial charge in [-0.2, -0.15) is 0 Å². The monoisotopic (exact) mass is 491 g/mol. The molecule has 1 aromatic rings. The summed E-state index contributed by atoms with van der Waals surface area (Å²) < 4.78 is 35.9. The molecular formula is C28H45NO6. The van der Waals surface area contributed by atoms with Crippen molar-refractivity contribution >= 4 is 5.69 Å². The summed E-state index contributed by atoms with van der Waals surface area (Å²) in [5.41, 5.74) is 0.828. The third-order valence-electron chi connectivity index (χ3n) is 7.16. The van der Waals surface area contributed by atoms with Gasteiger partial charge in [-0.3, -0.25) is 0 Å². The van der Waals surface area contributed by atoms with Gasteiger partial charge in [0.15, 0.2) is 11.6 Å². The van der Waals surface area contributed by atoms with Crippen LogP contribution in [0.15, 0.2) is 24.3 Å². The van der Waals surface area contributed by atoms with Crippen LogP contribution in [0.2, 0.25) is 0 Å². The maximum Gasteiger partial charge on any atom is 0.162 e. The maximum atomic E-state index is 6.37. The van der Waals surface area contributed by atoms with Crippen LogP contribution in [0.3, 0.4) is 0 Å². The van der Waals surface area contributed by atoms with Gasteiger partial charge in [0.1, 0.15) is 5.75 Å². The van der Waals surface area contributed by atoms with Gasteiger partial charge in [0.2, 0.25) is 0 Å². The Kier molecular flexibility index (Phi) is 8.04. The number of hydrogen-bond acceptors (Lipinski definition) is 7. The normalized spacial score (nSPS) is 29.3. The van der Waals surface area contributed by atoms with E-state index >= 15 is 0 Å². The lowest BCUT2D eigenvalue weighted by Crippen LogP contribution is -2.48. The molecule has 2 unspecified atom stereocenters. The Hall–Kier alpha value is -1.38. The number of benzene rings is 1. The molecule has 4 rings (SSSR count). The molecular weight excluding hydrogens is 446 g/mol. The van der Waals surface area contributed by atoms with Crippen LogP contribution in [0.4, 0.5) is 5.69 Å². The molecule has 0 spiro atoms. The van der Waals surface area contributed by atoms with Gasteiger partial charge < -0.3 is 33.7 Å². The SMILES string of the molecule is CC1(COc2cccc(NC3CCCC(OCC4(C)COC(C)(C)OC4)C3)c2)COC(C)(C)OC1. The molecule has 35 heavy (non-hydrogen) atoms. The smallest absolute Gasteiger partial charge is 0.162 e. The molecule has 2 aliphatic heterocycles. The Bertz CT molecular complexity index is 820. The Balaban J connectivity index is 1.24. The fourth-order valence-electron chi connectivity index (χ4n) is 4.64. The number of nitrogens with one attached hydrogen (secondary N) is 1. The Morgan fingerprint density at radius 3 is 2.06 bits per heavy atom. The minimum Gasteiger partial charge on any atom is -0.493 e. The predicted octanol–water partition coefficient (Wildman–Crippen LogP) is 5.38. The molecule has 0 bridgehead atoms. The third-order valence-corrected chi connectivity index (χ3v) is 7.16. The molecule has 0 aromatic heterocycles. The van der Waals surface area contributed by atoms with Gasteiger partial charge in [-0.1, -0.05) is 19.9 Å². The summed E-state index contributed by atoms with van der Waals surface area (Å²) in [6, 6.07) is 8.62. The molecule has 3 aliphatic rings. The van der Waals surface area contributed by atoms with Crippen LogP contribution in [0.1, 0.15) is 67.2 Å². The molecule has 7 heteroatoms. The van der Waals surface area contributed by atoms with Crippen molar-refractivity contribution in [3.63, 3.8) is 0 Å². The van der Waals surface area contributed by atoms with E-state index in [0.717, 1.165) is 37.1 Å². The molecule has 0 amide bonds. The highest BCUT2D eigenvalue weighted by Gasteiger charge is 2.38. The average molecular weight is 492 g/mol. The summed E-state index contributed by atoms with van der Waals surface area (Å²) in [6.07, 6.45) is 4.65. The molecule has 1 aliphatic carbocycles. The second kappa shape index (κ2) is 10.5. The lowest BCUT2D eigenvalue weighted by molar-refractivity contribution is -0.290. The van der Waals surface area contributed by atoms with Crippen molar-refractivity contribution in [2.75, 3.05) is 45.0 Å². The second-order valence-corrected chi connectivity index (χ2v) is 12.3. The van der Waals surface area contributed by atoms with E-state index in [1.165, 1.54) is 0 Å². The summed E-state index contributed by atoms with van der Waals surface area (Å²) in [5.74, 6) is -0.153. The van der Waals surface area contributed by atoms with Crippen molar-refractivity contribution in [1.29, 1.82) is 0 Å². The van der Waals surface area contributed by atoms with E-state index in [0.29, 0.717) is 45.7 Å². The minimum absolute atomic E-state index is 0.0949. The molecule has 0 radical (unpaired) electrons. The Labute approximate surface area is 211 Å². The lowest BCUT2D eigenvalue weighted by Gasteiger charge is -2.42. The summed E-state index contributed by atoms with van der Waals surface area (Å²) in [5, 5.41) is 3.71. The van der Waals surface area contributed by atoms with E-state index in [1.807, 2.05) is 39.8 Å². The second-order valence-electron chi connectivity index (χ2n) is 12.3. The maximum absolute atomic E-state index is 6.37. The summed E-state index contributed by atoms with van der Waals surface area (Å²) >= 11 is 0. The molecule has 1 N–H and O–H groups in total. The fraction of sp³-hybridized carbons (Fsp3) is 0.786. The average Bonchev–Trinajstić information content (AvgIpc) is 2.82. The third kappa shape index (κ3) is 7.80. The first-order chi connectivity index (χ1) is 16.4. The molecule has 198 valence electrons. The molecule has 7 nitrogen and oxygen atoms in total. The summed E-state index contributed by atoms with van der Waals surface area (Å²) in [6.45, 7) is 15.9. The number of anilines is 1. The quantitative estimate of drug-likeness (QED) is 0.523. The van der Waals surface area contributed by atoms with Crippen molar-refractivity contribution < 1.29 is 28.4 Å². The van der Waals surface area contributed by atoms with Crippen molar-refractivity contribution in [2.24, 2.45) is 10.8 Å². The first-order valence-corrected chi connectivity index (χ1v) is 13.1. The zero-order valence-electron chi connectivity index (χ0n) is 22.5. The van der Waals surface area contributed by atoms with Gasteiger partial charge in [0, 0.05) is 28.6 Å². The topological polar surface area (TPSA) is 67.4 Å². The van der Waals surface area contributed by atoms with Crippen LogP contribution in [-0.4, -0.2) is 63.4 Å². The summed E-state index contributed by atoms with van der Waals surface area (Å²) in [4.78, 5) is 0. The van der Waals surface area contributed by atoms with Crippen LogP contribution >= 0.6 is 0 Å². The molecule has 3 fully saturated rings. The summed E-state index contributed by atoms with van der Waals surface area (Å²) in [7, 11) is 0. The van der Waals surface area contributed by atoms with Crippen molar-refractivity contribution in [2.45, 2.75) is 90.9 Å². The predicted molar refractivity (Wildman–Crippen MR) is 136 cm³/mol. The van der Waals surface area contributed by atoms with E-state index in [2.05, 4.69) is 31.3 Å². The van der Waals surface area contributed by atoms with Crippen molar-refractivity contribution in [3.05, 3.63) is 24.3 Å². The van der Waals surface area contributed by atoms with E-state index in [-0.39, 0.29) is 16.9 Å². The van der Waals surface area contributed by atoms with Gasteiger partial charge in [-0.05, 0) is 65.5 Å². The van der Waals surface area contributed by atoms with Crippen LogP contribution in [0, 0.1) is 10.8 Å². The lowest BCUT2D eigenvalue weighted by atomic mass is 9.90. The standard InChI is InChI=1S/C28H45NO6/c1-25(2)32-17-27(5,18-33-25)15-30-23-11-7-9-21(13-23)29-22-10-8-12-24(14-22)31-16-28(6)19-34-26(3,4)35-20-28/h7,9,11,13,22,24,29H,8,10,12,14-20H2,1-6H3. The minimum atomic E-state index is -0.516. The fourth-order valence-corrected chi connectivity index (χ4v) is 4.64. The largest absolute Gasteiger partial charge is 0.493 e. The highest BCUT2D eigenvalue weighted by Crippen LogP contribution is 2.33. The van der Waals surface area contributed by atoms with Crippen LogP contribution in [-0.2, 0) is 23.7 Å². The number of hydrogen-bond donors (Lipinski definition) is 1. The van der Waals surface area contributed by atoms with E-state index < -0.39 is 11.6 Å². The van der Waals surface area contributed by atoms with Gasteiger partial charge in [0.25, 0.3) is 0 Å². The molecule has 2 heterocycles. The number of rotatable bonds is 8. The van der Waals surface area contributed by atoms with Crippen LogP contribution in [0.25, 0.3) is 0 Å². The highest BCUT2D eigenvalue weighted by molar-refractivity contribution is 5.49. The van der Waals surface area contributed by atoms with Crippen LogP contribution in [0.5, 0.6) is 5.75 Å². The zero-order chi connectivity index (χ0) is 25.2.